The Morgan fingerprint density at radius 2 is 0.490 bits per heavy atom. The third-order valence-corrected chi connectivity index (χ3v) is 22.5. The number of phosphoric ester groups is 2. The summed E-state index contributed by atoms with van der Waals surface area (Å²) in [5.74, 6) is 0.245. The van der Waals surface area contributed by atoms with E-state index in [9.17, 15) is 43.2 Å². The third kappa shape index (κ3) is 75.5. The molecule has 104 heavy (non-hydrogen) atoms. The van der Waals surface area contributed by atoms with Crippen LogP contribution in [-0.2, 0) is 65.4 Å². The topological polar surface area (TPSA) is 237 Å². The van der Waals surface area contributed by atoms with Gasteiger partial charge in [0, 0.05) is 25.7 Å². The van der Waals surface area contributed by atoms with Crippen LogP contribution in [0.4, 0.5) is 0 Å². The van der Waals surface area contributed by atoms with E-state index in [0.717, 1.165) is 114 Å². The van der Waals surface area contributed by atoms with Crippen LogP contribution in [0, 0.1) is 17.8 Å². The molecular weight excluding hydrogens is 1350 g/mol. The van der Waals surface area contributed by atoms with Gasteiger partial charge >= 0.3 is 39.5 Å². The lowest BCUT2D eigenvalue weighted by atomic mass is 9.99. The molecule has 0 spiro atoms. The molecular formula is C85H166O17P2. The van der Waals surface area contributed by atoms with E-state index in [-0.39, 0.29) is 25.7 Å². The number of hydrogen-bond acceptors (Lipinski definition) is 15. The quantitative estimate of drug-likeness (QED) is 0.0222. The average molecular weight is 1520 g/mol. The normalized spacial score (nSPS) is 14.4. The minimum Gasteiger partial charge on any atom is -0.462 e. The fraction of sp³-hybridized carbons (Fsp3) is 0.953. The molecule has 0 aromatic carbocycles. The second-order valence-corrected chi connectivity index (χ2v) is 34.4. The van der Waals surface area contributed by atoms with Gasteiger partial charge in [0.25, 0.3) is 0 Å². The van der Waals surface area contributed by atoms with Crippen LogP contribution < -0.4 is 0 Å². The standard InChI is InChI=1S/C85H166O17P2/c1-8-11-12-13-14-15-16-17-18-19-20-24-27-30-33-39-44-52-59-66-82(87)95-72-80(101-84(89)68-61-54-45-40-34-31-28-25-22-21-23-26-29-32-38-43-50-57-64-77(6)9-2)74-99-103(91,92)97-70-79(86)71-98-104(93,94)100-75-81(73-96-83(88)67-60-53-48-47-51-58-65-78(7)10-3)102-85(90)69-62-55-46-41-36-35-37-42-49-56-63-76(4)5/h76-81,86H,8-75H2,1-7H3,(H,91,92)(H,93,94)/t77?,78?,79-,80-,81-/m1/s1. The van der Waals surface area contributed by atoms with Gasteiger partial charge in [0.05, 0.1) is 26.4 Å². The summed E-state index contributed by atoms with van der Waals surface area (Å²) in [6.07, 6.45) is 65.4. The van der Waals surface area contributed by atoms with Gasteiger partial charge in [-0.1, -0.05) is 395 Å². The fourth-order valence-electron chi connectivity index (χ4n) is 13.1. The molecule has 0 aliphatic carbocycles. The SMILES string of the molecule is CCCCCCCCCCCCCCCCCCCCCC(=O)OC[C@H](COP(=O)(O)OC[C@@H](O)COP(=O)(O)OC[C@@H](COC(=O)CCCCCCCCC(C)CC)OC(=O)CCCCCCCCCCCCC(C)C)OC(=O)CCCCCCCCCCCCCCCCCCCCC(C)CC. The number of unbranched alkanes of at least 4 members (excludes halogenated alkanes) is 49. The summed E-state index contributed by atoms with van der Waals surface area (Å²) in [4.78, 5) is 73.1. The van der Waals surface area contributed by atoms with E-state index in [2.05, 4.69) is 48.5 Å². The Hall–Kier alpha value is -1.94. The maximum absolute atomic E-state index is 13.1. The highest BCUT2D eigenvalue weighted by molar-refractivity contribution is 7.47. The van der Waals surface area contributed by atoms with Gasteiger partial charge in [-0.2, -0.15) is 0 Å². The van der Waals surface area contributed by atoms with Crippen LogP contribution in [0.3, 0.4) is 0 Å². The molecule has 7 atom stereocenters. The minimum absolute atomic E-state index is 0.105. The molecule has 0 aromatic heterocycles. The Morgan fingerprint density at radius 1 is 0.279 bits per heavy atom. The number of carbonyl (C=O) groups is 4. The first-order valence-electron chi connectivity index (χ1n) is 43.9. The largest absolute Gasteiger partial charge is 0.472 e. The van der Waals surface area contributed by atoms with E-state index in [1.165, 1.54) is 250 Å². The van der Waals surface area contributed by atoms with Gasteiger partial charge in [-0.3, -0.25) is 37.3 Å². The molecule has 0 aliphatic rings. The lowest BCUT2D eigenvalue weighted by molar-refractivity contribution is -0.161. The molecule has 0 aromatic rings. The molecule has 0 aliphatic heterocycles. The zero-order valence-corrected chi connectivity index (χ0v) is 70.3. The third-order valence-electron chi connectivity index (χ3n) is 20.6. The van der Waals surface area contributed by atoms with E-state index in [1.807, 2.05) is 0 Å². The molecule has 618 valence electrons. The first kappa shape index (κ1) is 102. The first-order chi connectivity index (χ1) is 50.3. The summed E-state index contributed by atoms with van der Waals surface area (Å²) in [5.41, 5.74) is 0. The molecule has 3 N–H and O–H groups in total. The predicted octanol–water partition coefficient (Wildman–Crippen LogP) is 25.7. The Balaban J connectivity index is 5.22. The first-order valence-corrected chi connectivity index (χ1v) is 46.9. The van der Waals surface area contributed by atoms with Crippen LogP contribution in [0.5, 0.6) is 0 Å². The molecule has 0 bridgehead atoms. The Bertz CT molecular complexity index is 2010. The predicted molar refractivity (Wildman–Crippen MR) is 428 cm³/mol. The van der Waals surface area contributed by atoms with Crippen LogP contribution in [0.2, 0.25) is 0 Å². The summed E-state index contributed by atoms with van der Waals surface area (Å²) >= 11 is 0. The van der Waals surface area contributed by atoms with Gasteiger partial charge < -0.3 is 33.8 Å². The maximum atomic E-state index is 13.1. The van der Waals surface area contributed by atoms with Gasteiger partial charge in [0.2, 0.25) is 0 Å². The molecule has 0 radical (unpaired) electrons. The summed E-state index contributed by atoms with van der Waals surface area (Å²) in [7, 11) is -9.93. The number of ether oxygens (including phenoxy) is 4. The molecule has 0 fully saturated rings. The number of carbonyl (C=O) groups excluding carboxylic acids is 4. The van der Waals surface area contributed by atoms with Crippen molar-refractivity contribution in [3.05, 3.63) is 0 Å². The molecule has 0 amide bonds. The lowest BCUT2D eigenvalue weighted by Gasteiger charge is -2.21. The monoisotopic (exact) mass is 1520 g/mol. The molecule has 0 rings (SSSR count). The summed E-state index contributed by atoms with van der Waals surface area (Å²) in [5, 5.41) is 10.7. The minimum atomic E-state index is -4.97. The Labute approximate surface area is 638 Å². The fourth-order valence-corrected chi connectivity index (χ4v) is 14.7. The Kier molecular flexibility index (Phi) is 73.7. The highest BCUT2D eigenvalue weighted by Crippen LogP contribution is 2.45. The van der Waals surface area contributed by atoms with Crippen molar-refractivity contribution in [1.29, 1.82) is 0 Å². The van der Waals surface area contributed by atoms with E-state index >= 15 is 0 Å². The second kappa shape index (κ2) is 75.1. The molecule has 0 heterocycles. The van der Waals surface area contributed by atoms with Crippen molar-refractivity contribution in [3.63, 3.8) is 0 Å². The number of hydrogen-bond donors (Lipinski definition) is 3. The van der Waals surface area contributed by atoms with Crippen molar-refractivity contribution in [2.45, 2.75) is 465 Å². The van der Waals surface area contributed by atoms with Crippen molar-refractivity contribution in [2.24, 2.45) is 17.8 Å². The molecule has 4 unspecified atom stereocenters. The van der Waals surface area contributed by atoms with Gasteiger partial charge in [-0.05, 0) is 43.4 Å². The van der Waals surface area contributed by atoms with Crippen LogP contribution in [-0.4, -0.2) is 96.7 Å². The highest BCUT2D eigenvalue weighted by atomic mass is 31.2. The summed E-state index contributed by atoms with van der Waals surface area (Å²) in [6, 6.07) is 0. The maximum Gasteiger partial charge on any atom is 0.472 e. The zero-order valence-electron chi connectivity index (χ0n) is 68.5. The van der Waals surface area contributed by atoms with E-state index < -0.39 is 97.5 Å². The average Bonchev–Trinajstić information content (AvgIpc) is 0.912. The second-order valence-electron chi connectivity index (χ2n) is 31.5. The van der Waals surface area contributed by atoms with E-state index in [4.69, 9.17) is 37.0 Å². The van der Waals surface area contributed by atoms with Crippen LogP contribution >= 0.6 is 15.6 Å². The van der Waals surface area contributed by atoms with Crippen LogP contribution in [0.15, 0.2) is 0 Å². The molecule has 0 saturated carbocycles. The number of phosphoric acid groups is 2. The van der Waals surface area contributed by atoms with Gasteiger partial charge in [0.1, 0.15) is 19.3 Å². The summed E-state index contributed by atoms with van der Waals surface area (Å²) in [6.45, 7) is 12.0. The number of aliphatic hydroxyl groups excluding tert-OH is 1. The van der Waals surface area contributed by atoms with Crippen molar-refractivity contribution in [2.75, 3.05) is 39.6 Å². The van der Waals surface area contributed by atoms with Crippen molar-refractivity contribution in [1.82, 2.24) is 0 Å². The number of rotatable bonds is 83. The van der Waals surface area contributed by atoms with Gasteiger partial charge in [0.15, 0.2) is 12.2 Å². The zero-order chi connectivity index (χ0) is 76.5. The molecule has 0 saturated heterocycles. The van der Waals surface area contributed by atoms with Gasteiger partial charge in [-0.15, -0.1) is 0 Å². The van der Waals surface area contributed by atoms with E-state index in [0.29, 0.717) is 25.7 Å². The smallest absolute Gasteiger partial charge is 0.462 e. The van der Waals surface area contributed by atoms with Crippen LogP contribution in [0.1, 0.15) is 447 Å². The van der Waals surface area contributed by atoms with Crippen molar-refractivity contribution < 1.29 is 80.2 Å². The highest BCUT2D eigenvalue weighted by Gasteiger charge is 2.30. The summed E-state index contributed by atoms with van der Waals surface area (Å²) < 4.78 is 68.8. The number of esters is 4. The lowest BCUT2D eigenvalue weighted by Crippen LogP contribution is -2.30. The van der Waals surface area contributed by atoms with Crippen LogP contribution in [0.25, 0.3) is 0 Å². The Morgan fingerprint density at radius 3 is 0.731 bits per heavy atom. The number of aliphatic hydroxyl groups is 1. The molecule has 17 nitrogen and oxygen atoms in total. The van der Waals surface area contributed by atoms with Crippen molar-refractivity contribution in [3.8, 4) is 0 Å². The van der Waals surface area contributed by atoms with Gasteiger partial charge in [-0.25, -0.2) is 9.13 Å². The van der Waals surface area contributed by atoms with E-state index in [1.54, 1.807) is 0 Å². The molecule has 19 heteroatoms. The van der Waals surface area contributed by atoms with Crippen molar-refractivity contribution >= 4 is 39.5 Å².